The van der Waals surface area contributed by atoms with E-state index in [0.29, 0.717) is 12.2 Å². The number of rotatable bonds is 2. The minimum absolute atomic E-state index is 0.303. The molecule has 0 unspecified atom stereocenters. The van der Waals surface area contributed by atoms with E-state index < -0.39 is 0 Å². The Morgan fingerprint density at radius 2 is 1.89 bits per heavy atom. The molecule has 0 N–H and O–H groups in total. The van der Waals surface area contributed by atoms with Crippen molar-refractivity contribution in [1.29, 1.82) is 0 Å². The van der Waals surface area contributed by atoms with Crippen LogP contribution in [0.5, 0.6) is 0 Å². The maximum absolute atomic E-state index is 11.8. The van der Waals surface area contributed by atoms with E-state index >= 15 is 0 Å². The van der Waals surface area contributed by atoms with E-state index in [4.69, 9.17) is 0 Å². The first-order valence-electron chi connectivity index (χ1n) is 6.19. The van der Waals surface area contributed by atoms with Crippen molar-refractivity contribution in [2.24, 2.45) is 0 Å². The number of aromatic nitrogens is 1. The Balaban J connectivity index is 1.85. The zero-order valence-electron chi connectivity index (χ0n) is 10.0. The molecule has 1 aliphatic rings. The molecular weight excluding hydrogens is 337 g/mol. The van der Waals surface area contributed by atoms with Crippen LogP contribution in [0.25, 0.3) is 0 Å². The van der Waals surface area contributed by atoms with Gasteiger partial charge in [-0.05, 0) is 58.7 Å². The summed E-state index contributed by atoms with van der Waals surface area (Å²) in [6.07, 6.45) is 6.89. The van der Waals surface area contributed by atoms with Gasteiger partial charge in [0.15, 0.2) is 5.78 Å². The summed E-state index contributed by atoms with van der Waals surface area (Å²) in [4.78, 5) is 11.8. The molecule has 3 heteroatoms. The fourth-order valence-electron chi connectivity index (χ4n) is 2.47. The van der Waals surface area contributed by atoms with E-state index in [2.05, 4.69) is 57.6 Å². The van der Waals surface area contributed by atoms with Gasteiger partial charge in [-0.3, -0.25) is 4.79 Å². The van der Waals surface area contributed by atoms with Gasteiger partial charge in [0.25, 0.3) is 0 Å². The summed E-state index contributed by atoms with van der Waals surface area (Å²) in [5.74, 6) is 0.303. The summed E-state index contributed by atoms with van der Waals surface area (Å²) >= 11 is 2.31. The van der Waals surface area contributed by atoms with E-state index in [0.717, 1.165) is 24.9 Å². The molecule has 1 aliphatic carbocycles. The number of benzene rings is 1. The van der Waals surface area contributed by atoms with Gasteiger partial charge >= 0.3 is 0 Å². The number of carbonyl (C=O) groups excluding carboxylic acids is 1. The number of halogens is 1. The Bertz CT molecular complexity index is 583. The Morgan fingerprint density at radius 3 is 2.61 bits per heavy atom. The van der Waals surface area contributed by atoms with Gasteiger partial charge in [0.05, 0.1) is 0 Å². The topological polar surface area (TPSA) is 22.0 Å². The number of fused-ring (bicyclic) bond motifs is 1. The Morgan fingerprint density at radius 1 is 1.11 bits per heavy atom. The van der Waals surface area contributed by atoms with Crippen LogP contribution in [0.15, 0.2) is 36.7 Å². The van der Waals surface area contributed by atoms with Crippen molar-refractivity contribution in [3.8, 4) is 0 Å². The monoisotopic (exact) mass is 351 g/mol. The van der Waals surface area contributed by atoms with E-state index in [1.54, 1.807) is 0 Å². The number of ketones is 1. The highest BCUT2D eigenvalue weighted by atomic mass is 127. The summed E-state index contributed by atoms with van der Waals surface area (Å²) < 4.78 is 3.38. The molecule has 0 aliphatic heterocycles. The lowest BCUT2D eigenvalue weighted by Gasteiger charge is -2.07. The SMILES string of the molecule is O=C1CCCc2cn(Cc3ccc(I)cc3)cc21. The lowest BCUT2D eigenvalue weighted by molar-refractivity contribution is 0.0973. The molecular formula is C15H14INO. The third-order valence-corrected chi connectivity index (χ3v) is 4.11. The molecule has 1 heterocycles. The molecule has 92 valence electrons. The third kappa shape index (κ3) is 2.36. The Labute approximate surface area is 120 Å². The molecule has 0 atom stereocenters. The van der Waals surface area contributed by atoms with Gasteiger partial charge in [-0.25, -0.2) is 0 Å². The zero-order chi connectivity index (χ0) is 12.5. The first-order chi connectivity index (χ1) is 8.72. The first-order valence-corrected chi connectivity index (χ1v) is 7.26. The van der Waals surface area contributed by atoms with Crippen LogP contribution in [0.2, 0.25) is 0 Å². The molecule has 1 aromatic heterocycles. The van der Waals surface area contributed by atoms with Crippen molar-refractivity contribution < 1.29 is 4.79 Å². The van der Waals surface area contributed by atoms with Crippen molar-refractivity contribution in [3.63, 3.8) is 0 Å². The molecule has 0 radical (unpaired) electrons. The Hall–Kier alpha value is -1.10. The predicted octanol–water partition coefficient (Wildman–Crippen LogP) is 3.66. The molecule has 0 amide bonds. The summed E-state index contributed by atoms with van der Waals surface area (Å²) in [6.45, 7) is 0.844. The van der Waals surface area contributed by atoms with Gasteiger partial charge in [0.1, 0.15) is 0 Å². The molecule has 0 bridgehead atoms. The van der Waals surface area contributed by atoms with Gasteiger partial charge < -0.3 is 4.57 Å². The van der Waals surface area contributed by atoms with Crippen molar-refractivity contribution in [2.75, 3.05) is 0 Å². The molecule has 0 fully saturated rings. The van der Waals surface area contributed by atoms with Gasteiger partial charge in [-0.2, -0.15) is 0 Å². The minimum Gasteiger partial charge on any atom is -0.349 e. The quantitative estimate of drug-likeness (QED) is 0.757. The summed E-state index contributed by atoms with van der Waals surface area (Å²) in [5, 5.41) is 0. The summed E-state index contributed by atoms with van der Waals surface area (Å²) in [6, 6.07) is 8.51. The zero-order valence-corrected chi connectivity index (χ0v) is 12.2. The number of Topliss-reactive ketones (excluding diaryl/α,β-unsaturated/α-hetero) is 1. The number of nitrogens with zero attached hydrogens (tertiary/aromatic N) is 1. The minimum atomic E-state index is 0.303. The van der Waals surface area contributed by atoms with Crippen LogP contribution in [0.4, 0.5) is 0 Å². The maximum Gasteiger partial charge on any atom is 0.164 e. The molecule has 1 aromatic carbocycles. The van der Waals surface area contributed by atoms with Gasteiger partial charge in [-0.15, -0.1) is 0 Å². The third-order valence-electron chi connectivity index (χ3n) is 3.39. The van der Waals surface area contributed by atoms with Crippen LogP contribution in [-0.2, 0) is 13.0 Å². The van der Waals surface area contributed by atoms with Crippen LogP contribution in [-0.4, -0.2) is 10.4 Å². The second-order valence-corrected chi connectivity index (χ2v) is 6.02. The molecule has 0 saturated heterocycles. The van der Waals surface area contributed by atoms with Crippen LogP contribution in [0.1, 0.15) is 34.3 Å². The Kier molecular flexibility index (Phi) is 3.24. The standard InChI is InChI=1S/C15H14INO/c16-13-6-4-11(5-7-13)8-17-9-12-2-1-3-15(18)14(12)10-17/h4-7,9-10H,1-3,8H2. The van der Waals surface area contributed by atoms with E-state index in [1.807, 2.05) is 6.20 Å². The average Bonchev–Trinajstić information content (AvgIpc) is 2.76. The maximum atomic E-state index is 11.8. The number of aryl methyl sites for hydroxylation is 1. The lowest BCUT2D eigenvalue weighted by atomic mass is 9.95. The largest absolute Gasteiger partial charge is 0.349 e. The van der Waals surface area contributed by atoms with E-state index in [9.17, 15) is 4.79 Å². The van der Waals surface area contributed by atoms with Crippen molar-refractivity contribution in [3.05, 3.63) is 56.9 Å². The average molecular weight is 351 g/mol. The molecule has 2 aromatic rings. The normalized spacial score (nSPS) is 14.6. The van der Waals surface area contributed by atoms with Gasteiger partial charge in [-0.1, -0.05) is 12.1 Å². The van der Waals surface area contributed by atoms with Gasteiger partial charge in [0.2, 0.25) is 0 Å². The second-order valence-electron chi connectivity index (χ2n) is 4.77. The van der Waals surface area contributed by atoms with E-state index in [1.165, 1.54) is 14.7 Å². The lowest BCUT2D eigenvalue weighted by Crippen LogP contribution is -2.07. The summed E-state index contributed by atoms with van der Waals surface area (Å²) in [7, 11) is 0. The molecule has 18 heavy (non-hydrogen) atoms. The van der Waals surface area contributed by atoms with Crippen LogP contribution in [0.3, 0.4) is 0 Å². The van der Waals surface area contributed by atoms with Crippen molar-refractivity contribution in [1.82, 2.24) is 4.57 Å². The highest BCUT2D eigenvalue weighted by molar-refractivity contribution is 14.1. The van der Waals surface area contributed by atoms with Crippen molar-refractivity contribution >= 4 is 28.4 Å². The van der Waals surface area contributed by atoms with Crippen LogP contribution < -0.4 is 0 Å². The highest BCUT2D eigenvalue weighted by Gasteiger charge is 2.18. The molecule has 2 nitrogen and oxygen atoms in total. The van der Waals surface area contributed by atoms with Crippen LogP contribution >= 0.6 is 22.6 Å². The predicted molar refractivity (Wildman–Crippen MR) is 80.0 cm³/mol. The van der Waals surface area contributed by atoms with Crippen molar-refractivity contribution in [2.45, 2.75) is 25.8 Å². The smallest absolute Gasteiger partial charge is 0.164 e. The molecule has 0 spiro atoms. The molecule has 3 rings (SSSR count). The fourth-order valence-corrected chi connectivity index (χ4v) is 2.83. The summed E-state index contributed by atoms with van der Waals surface area (Å²) in [5.41, 5.74) is 3.43. The second kappa shape index (κ2) is 4.88. The van der Waals surface area contributed by atoms with Crippen LogP contribution in [0, 0.1) is 3.57 Å². The van der Waals surface area contributed by atoms with E-state index in [-0.39, 0.29) is 0 Å². The fraction of sp³-hybridized carbons (Fsp3) is 0.267. The van der Waals surface area contributed by atoms with Gasteiger partial charge in [0, 0.05) is 34.5 Å². The number of hydrogen-bond donors (Lipinski definition) is 0. The first kappa shape index (κ1) is 12.0. The molecule has 0 saturated carbocycles. The number of hydrogen-bond acceptors (Lipinski definition) is 1. The number of carbonyl (C=O) groups is 1. The highest BCUT2D eigenvalue weighted by Crippen LogP contribution is 2.22.